The largest absolute Gasteiger partial charge is 0.387 e. The maximum atomic E-state index is 13.8. The molecule has 1 atom stereocenters. The summed E-state index contributed by atoms with van der Waals surface area (Å²) in [5, 5.41) is 17.0. The molecule has 1 aromatic carbocycles. The van der Waals surface area contributed by atoms with Gasteiger partial charge in [-0.05, 0) is 30.3 Å². The van der Waals surface area contributed by atoms with Gasteiger partial charge in [0.05, 0.1) is 17.2 Å². The van der Waals surface area contributed by atoms with Gasteiger partial charge in [0.25, 0.3) is 5.89 Å². The molecule has 0 fully saturated rings. The summed E-state index contributed by atoms with van der Waals surface area (Å²) in [6.45, 7) is 0.288. The van der Waals surface area contributed by atoms with Crippen LogP contribution in [0.2, 0.25) is 0 Å². The van der Waals surface area contributed by atoms with Crippen LogP contribution in [0.25, 0.3) is 22.8 Å². The number of hydrogen-bond donors (Lipinski definition) is 2. The van der Waals surface area contributed by atoms with Crippen molar-refractivity contribution < 1.29 is 14.0 Å². The smallest absolute Gasteiger partial charge is 0.259 e. The molecule has 0 radical (unpaired) electrons. The lowest BCUT2D eigenvalue weighted by Gasteiger charge is -2.12. The Balaban J connectivity index is 1.43. The first-order chi connectivity index (χ1) is 13.7. The number of aliphatic hydroxyl groups is 1. The summed E-state index contributed by atoms with van der Waals surface area (Å²) in [6.07, 6.45) is 4.14. The molecular weight excluding hydrogens is 361 g/mol. The van der Waals surface area contributed by atoms with Gasteiger partial charge in [-0.1, -0.05) is 23.4 Å². The first-order valence-electron chi connectivity index (χ1n) is 8.57. The van der Waals surface area contributed by atoms with E-state index in [2.05, 4.69) is 25.4 Å². The summed E-state index contributed by atoms with van der Waals surface area (Å²) in [5.74, 6) is 0.586. The molecular formula is C20H16FN5O2. The van der Waals surface area contributed by atoms with Gasteiger partial charge >= 0.3 is 0 Å². The van der Waals surface area contributed by atoms with E-state index in [9.17, 15) is 9.50 Å². The predicted molar refractivity (Wildman–Crippen MR) is 101 cm³/mol. The average Bonchev–Trinajstić information content (AvgIpc) is 3.23. The summed E-state index contributed by atoms with van der Waals surface area (Å²) in [5.41, 5.74) is 1.60. The highest BCUT2D eigenvalue weighted by Gasteiger charge is 2.14. The minimum atomic E-state index is -0.700. The molecule has 0 amide bonds. The number of pyridine rings is 2. The summed E-state index contributed by atoms with van der Waals surface area (Å²) in [4.78, 5) is 12.5. The molecule has 0 aliphatic rings. The number of aliphatic hydroxyl groups excluding tert-OH is 1. The van der Waals surface area contributed by atoms with Crippen LogP contribution in [0.15, 0.2) is 71.6 Å². The number of hydrogen-bond acceptors (Lipinski definition) is 7. The maximum absolute atomic E-state index is 13.8. The molecule has 8 heteroatoms. The standard InChI is InChI=1S/C20H16FN5O2/c21-16-6-2-1-5-15(16)19-25-20(28-26-19)14-7-8-18(23-11-14)24-12-17(27)13-4-3-9-22-10-13/h1-11,17,27H,12H2,(H,23,24)/t17-/m0/s1. The van der Waals surface area contributed by atoms with Crippen LogP contribution in [0.4, 0.5) is 10.2 Å². The topological polar surface area (TPSA) is 97.0 Å². The molecule has 0 spiro atoms. The number of nitrogens with zero attached hydrogens (tertiary/aromatic N) is 4. The highest BCUT2D eigenvalue weighted by Crippen LogP contribution is 2.24. The van der Waals surface area contributed by atoms with Gasteiger partial charge in [-0.15, -0.1) is 0 Å². The van der Waals surface area contributed by atoms with Crippen molar-refractivity contribution in [1.29, 1.82) is 0 Å². The molecule has 0 bridgehead atoms. The van der Waals surface area contributed by atoms with Crippen LogP contribution >= 0.6 is 0 Å². The zero-order valence-corrected chi connectivity index (χ0v) is 14.7. The van der Waals surface area contributed by atoms with Crippen LogP contribution in [0.5, 0.6) is 0 Å². The molecule has 0 aliphatic carbocycles. The number of benzene rings is 1. The number of aromatic nitrogens is 4. The van der Waals surface area contributed by atoms with E-state index in [4.69, 9.17) is 4.52 Å². The molecule has 0 saturated carbocycles. The highest BCUT2D eigenvalue weighted by atomic mass is 19.1. The van der Waals surface area contributed by atoms with Crippen molar-refractivity contribution in [3.05, 3.63) is 78.5 Å². The molecule has 28 heavy (non-hydrogen) atoms. The van der Waals surface area contributed by atoms with E-state index in [1.165, 1.54) is 6.07 Å². The van der Waals surface area contributed by atoms with Gasteiger partial charge in [-0.25, -0.2) is 9.37 Å². The lowest BCUT2D eigenvalue weighted by atomic mass is 10.1. The number of anilines is 1. The molecule has 3 heterocycles. The van der Waals surface area contributed by atoms with Crippen LogP contribution < -0.4 is 5.32 Å². The van der Waals surface area contributed by atoms with Crippen molar-refractivity contribution in [2.24, 2.45) is 0 Å². The second kappa shape index (κ2) is 7.93. The third-order valence-corrected chi connectivity index (χ3v) is 4.10. The Bertz CT molecular complexity index is 1050. The van der Waals surface area contributed by atoms with E-state index in [1.807, 2.05) is 0 Å². The molecule has 7 nitrogen and oxygen atoms in total. The molecule has 0 aliphatic heterocycles. The van der Waals surface area contributed by atoms with Gasteiger partial charge in [0.1, 0.15) is 11.6 Å². The fraction of sp³-hybridized carbons (Fsp3) is 0.100. The lowest BCUT2D eigenvalue weighted by molar-refractivity contribution is 0.191. The first-order valence-corrected chi connectivity index (χ1v) is 8.57. The number of rotatable bonds is 6. The Morgan fingerprint density at radius 3 is 2.71 bits per heavy atom. The minimum absolute atomic E-state index is 0.176. The summed E-state index contributed by atoms with van der Waals surface area (Å²) < 4.78 is 19.1. The van der Waals surface area contributed by atoms with Crippen molar-refractivity contribution >= 4 is 5.82 Å². The van der Waals surface area contributed by atoms with Crippen LogP contribution in [-0.2, 0) is 0 Å². The molecule has 0 unspecified atom stereocenters. The first kappa shape index (κ1) is 17.7. The lowest BCUT2D eigenvalue weighted by Crippen LogP contribution is -2.13. The van der Waals surface area contributed by atoms with Gasteiger partial charge in [-0.2, -0.15) is 4.98 Å². The van der Waals surface area contributed by atoms with Crippen molar-refractivity contribution in [3.8, 4) is 22.8 Å². The zero-order chi connectivity index (χ0) is 19.3. The minimum Gasteiger partial charge on any atom is -0.387 e. The van der Waals surface area contributed by atoms with Gasteiger partial charge in [0, 0.05) is 30.7 Å². The zero-order valence-electron chi connectivity index (χ0n) is 14.7. The van der Waals surface area contributed by atoms with Gasteiger partial charge in [0.2, 0.25) is 5.82 Å². The quantitative estimate of drug-likeness (QED) is 0.531. The van der Waals surface area contributed by atoms with Crippen LogP contribution in [-0.4, -0.2) is 31.8 Å². The van der Waals surface area contributed by atoms with Gasteiger partial charge < -0.3 is 14.9 Å². The molecule has 2 N–H and O–H groups in total. The number of nitrogens with one attached hydrogen (secondary N) is 1. The van der Waals surface area contributed by atoms with Crippen molar-refractivity contribution in [2.75, 3.05) is 11.9 Å². The van der Waals surface area contributed by atoms with Crippen molar-refractivity contribution in [3.63, 3.8) is 0 Å². The Hall–Kier alpha value is -3.65. The molecule has 0 saturated heterocycles. The van der Waals surface area contributed by atoms with Crippen molar-refractivity contribution in [1.82, 2.24) is 20.1 Å². The van der Waals surface area contributed by atoms with Gasteiger partial charge in [0.15, 0.2) is 0 Å². The summed E-state index contributed by atoms with van der Waals surface area (Å²) in [7, 11) is 0. The second-order valence-corrected chi connectivity index (χ2v) is 6.02. The van der Waals surface area contributed by atoms with E-state index in [-0.39, 0.29) is 23.8 Å². The highest BCUT2D eigenvalue weighted by molar-refractivity contribution is 5.60. The third kappa shape index (κ3) is 3.86. The fourth-order valence-electron chi connectivity index (χ4n) is 2.61. The van der Waals surface area contributed by atoms with E-state index in [0.29, 0.717) is 11.4 Å². The second-order valence-electron chi connectivity index (χ2n) is 6.02. The Morgan fingerprint density at radius 1 is 1.07 bits per heavy atom. The fourth-order valence-corrected chi connectivity index (χ4v) is 2.61. The Labute approximate surface area is 159 Å². The van der Waals surface area contributed by atoms with E-state index >= 15 is 0 Å². The van der Waals surface area contributed by atoms with E-state index in [0.717, 1.165) is 5.56 Å². The molecule has 4 aromatic rings. The number of halogens is 1. The van der Waals surface area contributed by atoms with Gasteiger partial charge in [-0.3, -0.25) is 4.98 Å². The van der Waals surface area contributed by atoms with Crippen LogP contribution in [0.1, 0.15) is 11.7 Å². The third-order valence-electron chi connectivity index (χ3n) is 4.10. The van der Waals surface area contributed by atoms with E-state index in [1.54, 1.807) is 61.1 Å². The Morgan fingerprint density at radius 2 is 1.96 bits per heavy atom. The molecule has 4 rings (SSSR count). The maximum Gasteiger partial charge on any atom is 0.259 e. The van der Waals surface area contributed by atoms with E-state index < -0.39 is 11.9 Å². The van der Waals surface area contributed by atoms with Crippen molar-refractivity contribution in [2.45, 2.75) is 6.10 Å². The average molecular weight is 377 g/mol. The Kier molecular flexibility index (Phi) is 5.03. The SMILES string of the molecule is O[C@@H](CNc1ccc(-c2nc(-c3ccccc3F)no2)cn1)c1cccnc1. The normalized spacial score (nSPS) is 11.9. The summed E-state index contributed by atoms with van der Waals surface area (Å²) >= 11 is 0. The van der Waals surface area contributed by atoms with Crippen LogP contribution in [0, 0.1) is 5.82 Å². The summed E-state index contributed by atoms with van der Waals surface area (Å²) in [6, 6.07) is 13.3. The molecule has 3 aromatic heterocycles. The molecule has 140 valence electrons. The van der Waals surface area contributed by atoms with Crippen LogP contribution in [0.3, 0.4) is 0 Å². The monoisotopic (exact) mass is 377 g/mol. The predicted octanol–water partition coefficient (Wildman–Crippen LogP) is 3.48.